The maximum absolute atomic E-state index is 5.78. The summed E-state index contributed by atoms with van der Waals surface area (Å²) in [5, 5.41) is 2.48. The number of benzene rings is 2. The SMILES string of the molecule is [B]c1ccc2ccccc2c1I. The highest BCUT2D eigenvalue weighted by Gasteiger charge is 1.98. The van der Waals surface area contributed by atoms with E-state index in [0.717, 1.165) is 9.03 Å². The van der Waals surface area contributed by atoms with Gasteiger partial charge in [-0.1, -0.05) is 41.9 Å². The molecule has 0 aromatic heterocycles. The summed E-state index contributed by atoms with van der Waals surface area (Å²) < 4.78 is 1.14. The van der Waals surface area contributed by atoms with Crippen LogP contribution in [-0.4, -0.2) is 7.85 Å². The van der Waals surface area contributed by atoms with Gasteiger partial charge in [0.1, 0.15) is 7.85 Å². The zero-order valence-corrected chi connectivity index (χ0v) is 8.58. The number of hydrogen-bond acceptors (Lipinski definition) is 0. The Labute approximate surface area is 86.5 Å². The van der Waals surface area contributed by atoms with Gasteiger partial charge in [0.05, 0.1) is 0 Å². The normalized spacial score (nSPS) is 10.4. The number of hydrogen-bond donors (Lipinski definition) is 0. The van der Waals surface area contributed by atoms with E-state index in [4.69, 9.17) is 7.85 Å². The van der Waals surface area contributed by atoms with Gasteiger partial charge in [0.2, 0.25) is 0 Å². The van der Waals surface area contributed by atoms with Gasteiger partial charge in [0, 0.05) is 3.57 Å². The molecule has 12 heavy (non-hydrogen) atoms. The van der Waals surface area contributed by atoms with Crippen molar-refractivity contribution in [2.24, 2.45) is 0 Å². The molecule has 2 aromatic carbocycles. The van der Waals surface area contributed by atoms with E-state index < -0.39 is 0 Å². The van der Waals surface area contributed by atoms with Gasteiger partial charge in [-0.2, -0.15) is 0 Å². The molecule has 0 saturated carbocycles. The molecule has 0 atom stereocenters. The number of halogens is 1. The van der Waals surface area contributed by atoms with Crippen LogP contribution in [0.2, 0.25) is 0 Å². The molecule has 0 saturated heterocycles. The molecule has 2 rings (SSSR count). The van der Waals surface area contributed by atoms with E-state index in [2.05, 4.69) is 34.7 Å². The first-order chi connectivity index (χ1) is 5.79. The molecule has 0 spiro atoms. The first-order valence-corrected chi connectivity index (χ1v) is 4.79. The van der Waals surface area contributed by atoms with Gasteiger partial charge in [-0.15, -0.1) is 0 Å². The molecule has 0 nitrogen and oxygen atoms in total. The molecule has 0 unspecified atom stereocenters. The molecular weight excluding hydrogens is 258 g/mol. The van der Waals surface area contributed by atoms with Crippen molar-refractivity contribution in [3.8, 4) is 0 Å². The third kappa shape index (κ3) is 1.24. The molecule has 2 heteroatoms. The largest absolute Gasteiger partial charge is 0.115 e. The van der Waals surface area contributed by atoms with Crippen molar-refractivity contribution in [3.63, 3.8) is 0 Å². The van der Waals surface area contributed by atoms with Crippen LogP contribution in [0.15, 0.2) is 36.4 Å². The summed E-state index contributed by atoms with van der Waals surface area (Å²) in [6.45, 7) is 0. The average molecular weight is 264 g/mol. The second kappa shape index (κ2) is 3.09. The smallest absolute Gasteiger partial charge is 0.0829 e. The predicted molar refractivity (Wildman–Crippen MR) is 62.1 cm³/mol. The Morgan fingerprint density at radius 1 is 1.00 bits per heavy atom. The van der Waals surface area contributed by atoms with Crippen LogP contribution < -0.4 is 5.46 Å². The first-order valence-electron chi connectivity index (χ1n) is 3.72. The number of fused-ring (bicyclic) bond motifs is 1. The topological polar surface area (TPSA) is 0 Å². The van der Waals surface area contributed by atoms with Gasteiger partial charge in [0.15, 0.2) is 0 Å². The van der Waals surface area contributed by atoms with Gasteiger partial charge in [-0.25, -0.2) is 0 Å². The van der Waals surface area contributed by atoms with Gasteiger partial charge >= 0.3 is 0 Å². The predicted octanol–water partition coefficient (Wildman–Crippen LogP) is 2.24. The second-order valence-corrected chi connectivity index (χ2v) is 3.77. The molecule has 56 valence electrons. The summed E-state index contributed by atoms with van der Waals surface area (Å²) in [7, 11) is 5.78. The molecule has 0 aliphatic carbocycles. The molecule has 2 aromatic rings. The van der Waals surface area contributed by atoms with E-state index >= 15 is 0 Å². The minimum Gasteiger partial charge on any atom is -0.0829 e. The zero-order chi connectivity index (χ0) is 8.55. The number of rotatable bonds is 0. The van der Waals surface area contributed by atoms with Crippen LogP contribution in [0.25, 0.3) is 10.8 Å². The quantitative estimate of drug-likeness (QED) is 0.505. The minimum absolute atomic E-state index is 0.856. The van der Waals surface area contributed by atoms with Crippen LogP contribution in [-0.2, 0) is 0 Å². The lowest BCUT2D eigenvalue weighted by molar-refractivity contribution is 1.75. The van der Waals surface area contributed by atoms with Crippen molar-refractivity contribution < 1.29 is 0 Å². The highest BCUT2D eigenvalue weighted by molar-refractivity contribution is 14.1. The lowest BCUT2D eigenvalue weighted by atomic mass is 9.93. The van der Waals surface area contributed by atoms with Gasteiger partial charge < -0.3 is 0 Å². The lowest BCUT2D eigenvalue weighted by Gasteiger charge is -2.03. The van der Waals surface area contributed by atoms with Crippen molar-refractivity contribution in [2.45, 2.75) is 0 Å². The Hall–Kier alpha value is -0.505. The fourth-order valence-electron chi connectivity index (χ4n) is 1.25. The van der Waals surface area contributed by atoms with Gasteiger partial charge in [0.25, 0.3) is 0 Å². The third-order valence-corrected chi connectivity index (χ3v) is 3.10. The molecule has 0 bridgehead atoms. The van der Waals surface area contributed by atoms with Crippen LogP contribution >= 0.6 is 22.6 Å². The monoisotopic (exact) mass is 264 g/mol. The maximum atomic E-state index is 5.78. The van der Waals surface area contributed by atoms with E-state index in [-0.39, 0.29) is 0 Å². The Morgan fingerprint density at radius 2 is 1.75 bits per heavy atom. The average Bonchev–Trinajstić information content (AvgIpc) is 2.12. The Morgan fingerprint density at radius 3 is 2.58 bits per heavy atom. The molecule has 0 fully saturated rings. The molecule has 0 amide bonds. The molecule has 0 aliphatic rings. The van der Waals surface area contributed by atoms with Crippen molar-refractivity contribution in [1.29, 1.82) is 0 Å². The third-order valence-electron chi connectivity index (χ3n) is 1.89. The van der Waals surface area contributed by atoms with E-state index in [1.165, 1.54) is 10.8 Å². The fraction of sp³-hybridized carbons (Fsp3) is 0. The summed E-state index contributed by atoms with van der Waals surface area (Å²) in [6, 6.07) is 12.2. The Kier molecular flexibility index (Phi) is 2.09. The van der Waals surface area contributed by atoms with Crippen LogP contribution in [0.4, 0.5) is 0 Å². The summed E-state index contributed by atoms with van der Waals surface area (Å²) in [4.78, 5) is 0. The maximum Gasteiger partial charge on any atom is 0.115 e. The summed E-state index contributed by atoms with van der Waals surface area (Å²) in [6.07, 6.45) is 0. The highest BCUT2D eigenvalue weighted by Crippen LogP contribution is 2.17. The first kappa shape index (κ1) is 8.11. The van der Waals surface area contributed by atoms with Crippen molar-refractivity contribution >= 4 is 46.7 Å². The standard InChI is InChI=1S/C10H6BI/c11-9-6-5-7-3-1-2-4-8(7)10(9)12/h1-6H. The van der Waals surface area contributed by atoms with Crippen molar-refractivity contribution in [1.82, 2.24) is 0 Å². The second-order valence-electron chi connectivity index (χ2n) is 2.69. The van der Waals surface area contributed by atoms with E-state index in [9.17, 15) is 0 Å². The molecular formula is C10H6BI. The molecule has 0 heterocycles. The van der Waals surface area contributed by atoms with Crippen LogP contribution in [0, 0.1) is 3.57 Å². The molecule has 0 aliphatic heterocycles. The van der Waals surface area contributed by atoms with Crippen LogP contribution in [0.5, 0.6) is 0 Å². The van der Waals surface area contributed by atoms with E-state index in [1.54, 1.807) is 0 Å². The van der Waals surface area contributed by atoms with E-state index in [1.807, 2.05) is 24.3 Å². The highest BCUT2D eigenvalue weighted by atomic mass is 127. The minimum atomic E-state index is 0.856. The summed E-state index contributed by atoms with van der Waals surface area (Å²) in [5.41, 5.74) is 0.856. The lowest BCUT2D eigenvalue weighted by Crippen LogP contribution is -2.06. The summed E-state index contributed by atoms with van der Waals surface area (Å²) >= 11 is 2.28. The van der Waals surface area contributed by atoms with Crippen molar-refractivity contribution in [3.05, 3.63) is 40.0 Å². The van der Waals surface area contributed by atoms with Crippen LogP contribution in [0.3, 0.4) is 0 Å². The molecule has 2 radical (unpaired) electrons. The Bertz CT molecular complexity index is 423. The van der Waals surface area contributed by atoms with Crippen molar-refractivity contribution in [2.75, 3.05) is 0 Å². The summed E-state index contributed by atoms with van der Waals surface area (Å²) in [5.74, 6) is 0. The van der Waals surface area contributed by atoms with Gasteiger partial charge in [-0.05, 0) is 33.4 Å². The molecule has 0 N–H and O–H groups in total. The fourth-order valence-corrected chi connectivity index (χ4v) is 1.92. The van der Waals surface area contributed by atoms with Gasteiger partial charge in [-0.3, -0.25) is 0 Å². The zero-order valence-electron chi connectivity index (χ0n) is 6.42. The van der Waals surface area contributed by atoms with E-state index in [0.29, 0.717) is 0 Å². The Balaban J connectivity index is 2.91. The van der Waals surface area contributed by atoms with Crippen LogP contribution in [0.1, 0.15) is 0 Å².